The Labute approximate surface area is 65.7 Å². The summed E-state index contributed by atoms with van der Waals surface area (Å²) >= 11 is 0. The van der Waals surface area contributed by atoms with Gasteiger partial charge in [0.1, 0.15) is 0 Å². The molecule has 3 atom stereocenters. The van der Waals surface area contributed by atoms with Crippen LogP contribution >= 0.6 is 0 Å². The van der Waals surface area contributed by atoms with Crippen molar-refractivity contribution < 1.29 is 14.3 Å². The van der Waals surface area contributed by atoms with E-state index in [1.165, 1.54) is 7.11 Å². The topological polar surface area (TPSA) is 35.5 Å². The second-order valence-corrected chi connectivity index (χ2v) is 3.24. The van der Waals surface area contributed by atoms with Crippen LogP contribution in [0, 0.1) is 5.92 Å². The van der Waals surface area contributed by atoms with E-state index in [0.717, 1.165) is 19.3 Å². The van der Waals surface area contributed by atoms with Crippen molar-refractivity contribution in [3.63, 3.8) is 0 Å². The average Bonchev–Trinajstić information content (AvgIpc) is 2.62. The zero-order chi connectivity index (χ0) is 7.84. The number of hydrogen-bond acceptors (Lipinski definition) is 3. The quantitative estimate of drug-likeness (QED) is 0.525. The first-order chi connectivity index (χ1) is 5.31. The second kappa shape index (κ2) is 2.48. The lowest BCUT2D eigenvalue weighted by molar-refractivity contribution is -0.147. The maximum absolute atomic E-state index is 11.1. The van der Waals surface area contributed by atoms with Gasteiger partial charge in [-0.15, -0.1) is 0 Å². The van der Waals surface area contributed by atoms with Gasteiger partial charge in [0.25, 0.3) is 0 Å². The van der Waals surface area contributed by atoms with Gasteiger partial charge in [-0.3, -0.25) is 4.79 Å². The first-order valence-corrected chi connectivity index (χ1v) is 4.04. The summed E-state index contributed by atoms with van der Waals surface area (Å²) in [5, 5.41) is 0. The molecule has 62 valence electrons. The fraction of sp³-hybridized carbons (Fsp3) is 0.875. The number of methoxy groups -OCH3 is 1. The van der Waals surface area contributed by atoms with Crippen molar-refractivity contribution in [3.05, 3.63) is 0 Å². The van der Waals surface area contributed by atoms with Crippen LogP contribution in [0.25, 0.3) is 0 Å². The van der Waals surface area contributed by atoms with E-state index in [2.05, 4.69) is 4.74 Å². The van der Waals surface area contributed by atoms with Crippen LogP contribution in [0.1, 0.15) is 19.3 Å². The molecule has 2 saturated heterocycles. The van der Waals surface area contributed by atoms with Gasteiger partial charge >= 0.3 is 5.97 Å². The summed E-state index contributed by atoms with van der Waals surface area (Å²) in [7, 11) is 1.44. The lowest BCUT2D eigenvalue weighted by Gasteiger charge is -2.14. The smallest absolute Gasteiger partial charge is 0.311 e. The normalized spacial score (nSPS) is 41.0. The molecule has 2 fully saturated rings. The summed E-state index contributed by atoms with van der Waals surface area (Å²) in [5.41, 5.74) is 0. The average molecular weight is 156 g/mol. The van der Waals surface area contributed by atoms with Crippen LogP contribution in [0.3, 0.4) is 0 Å². The van der Waals surface area contributed by atoms with E-state index < -0.39 is 0 Å². The molecule has 0 unspecified atom stereocenters. The molecule has 2 bridgehead atoms. The maximum Gasteiger partial charge on any atom is 0.311 e. The van der Waals surface area contributed by atoms with Gasteiger partial charge in [0, 0.05) is 0 Å². The maximum atomic E-state index is 11.1. The molecule has 2 aliphatic rings. The van der Waals surface area contributed by atoms with Crippen molar-refractivity contribution in [1.29, 1.82) is 0 Å². The van der Waals surface area contributed by atoms with Crippen molar-refractivity contribution in [2.75, 3.05) is 7.11 Å². The summed E-state index contributed by atoms with van der Waals surface area (Å²) < 4.78 is 10.2. The molecule has 0 radical (unpaired) electrons. The number of carbonyl (C=O) groups excluding carboxylic acids is 1. The molecule has 0 amide bonds. The van der Waals surface area contributed by atoms with Gasteiger partial charge in [-0.1, -0.05) is 0 Å². The van der Waals surface area contributed by atoms with E-state index in [9.17, 15) is 4.79 Å². The number of fused-ring (bicyclic) bond motifs is 2. The molecule has 0 spiro atoms. The fourth-order valence-electron chi connectivity index (χ4n) is 2.04. The zero-order valence-corrected chi connectivity index (χ0v) is 6.58. The Balaban J connectivity index is 2.02. The SMILES string of the molecule is COC(=O)[C@@H]1C[C@H]2CC[C@@H]1O2. The number of rotatable bonds is 1. The van der Waals surface area contributed by atoms with E-state index >= 15 is 0 Å². The highest BCUT2D eigenvalue weighted by Gasteiger charge is 2.44. The summed E-state index contributed by atoms with van der Waals surface area (Å²) in [6, 6.07) is 0. The Hall–Kier alpha value is -0.570. The van der Waals surface area contributed by atoms with Crippen LogP contribution in [-0.4, -0.2) is 25.3 Å². The van der Waals surface area contributed by atoms with E-state index in [1.807, 2.05) is 0 Å². The minimum atomic E-state index is -0.0998. The second-order valence-electron chi connectivity index (χ2n) is 3.24. The molecule has 3 nitrogen and oxygen atoms in total. The molecule has 0 aromatic carbocycles. The largest absolute Gasteiger partial charge is 0.469 e. The van der Waals surface area contributed by atoms with Crippen molar-refractivity contribution in [1.82, 2.24) is 0 Å². The van der Waals surface area contributed by atoms with Crippen LogP contribution in [-0.2, 0) is 14.3 Å². The molecule has 0 aliphatic carbocycles. The van der Waals surface area contributed by atoms with Crippen molar-refractivity contribution in [3.8, 4) is 0 Å². The van der Waals surface area contributed by atoms with Gasteiger partial charge in [-0.05, 0) is 19.3 Å². The zero-order valence-electron chi connectivity index (χ0n) is 6.58. The number of hydrogen-bond donors (Lipinski definition) is 0. The van der Waals surface area contributed by atoms with Crippen LogP contribution in [0.4, 0.5) is 0 Å². The lowest BCUT2D eigenvalue weighted by Crippen LogP contribution is -2.26. The van der Waals surface area contributed by atoms with E-state index in [1.54, 1.807) is 0 Å². The van der Waals surface area contributed by atoms with Gasteiger partial charge in [-0.2, -0.15) is 0 Å². The Kier molecular flexibility index (Phi) is 1.60. The van der Waals surface area contributed by atoms with Crippen molar-refractivity contribution >= 4 is 5.97 Å². The molecule has 3 heteroatoms. The van der Waals surface area contributed by atoms with Crippen molar-refractivity contribution in [2.24, 2.45) is 5.92 Å². The van der Waals surface area contributed by atoms with Crippen LogP contribution < -0.4 is 0 Å². The first-order valence-electron chi connectivity index (χ1n) is 4.04. The van der Waals surface area contributed by atoms with Crippen LogP contribution in [0.5, 0.6) is 0 Å². The minimum Gasteiger partial charge on any atom is -0.469 e. The first kappa shape index (κ1) is 7.10. The predicted molar refractivity (Wildman–Crippen MR) is 38.0 cm³/mol. The van der Waals surface area contributed by atoms with Gasteiger partial charge in [0.05, 0.1) is 25.2 Å². The highest BCUT2D eigenvalue weighted by molar-refractivity contribution is 5.73. The van der Waals surface area contributed by atoms with Crippen molar-refractivity contribution in [2.45, 2.75) is 31.5 Å². The predicted octanol–water partition coefficient (Wildman–Crippen LogP) is 0.727. The molecular formula is C8H12O3. The Bertz CT molecular complexity index is 178. The number of ether oxygens (including phenoxy) is 2. The van der Waals surface area contributed by atoms with Gasteiger partial charge in [-0.25, -0.2) is 0 Å². The van der Waals surface area contributed by atoms with E-state index in [0.29, 0.717) is 6.10 Å². The Morgan fingerprint density at radius 2 is 2.36 bits per heavy atom. The molecule has 2 heterocycles. The van der Waals surface area contributed by atoms with Gasteiger partial charge in [0.2, 0.25) is 0 Å². The molecule has 0 aromatic rings. The minimum absolute atomic E-state index is 0.0266. The summed E-state index contributed by atoms with van der Waals surface area (Å²) in [5.74, 6) is -0.0732. The Morgan fingerprint density at radius 1 is 1.55 bits per heavy atom. The third-order valence-electron chi connectivity index (χ3n) is 2.61. The molecule has 11 heavy (non-hydrogen) atoms. The number of esters is 1. The van der Waals surface area contributed by atoms with E-state index in [-0.39, 0.29) is 18.0 Å². The highest BCUT2D eigenvalue weighted by Crippen LogP contribution is 2.39. The standard InChI is InChI=1S/C8H12O3/c1-10-8(9)6-4-5-2-3-7(6)11-5/h5-7H,2-4H2,1H3/t5-,6-,7+/m1/s1. The van der Waals surface area contributed by atoms with Gasteiger partial charge in [0.15, 0.2) is 0 Å². The fourth-order valence-corrected chi connectivity index (χ4v) is 2.04. The van der Waals surface area contributed by atoms with Crippen LogP contribution in [0.2, 0.25) is 0 Å². The molecule has 0 saturated carbocycles. The van der Waals surface area contributed by atoms with Crippen LogP contribution in [0.15, 0.2) is 0 Å². The molecule has 0 N–H and O–H groups in total. The summed E-state index contributed by atoms with van der Waals surface area (Å²) in [6.45, 7) is 0. The number of carbonyl (C=O) groups is 1. The summed E-state index contributed by atoms with van der Waals surface area (Å²) in [6.07, 6.45) is 3.52. The molecular weight excluding hydrogens is 144 g/mol. The van der Waals surface area contributed by atoms with E-state index in [4.69, 9.17) is 4.74 Å². The monoisotopic (exact) mass is 156 g/mol. The molecule has 2 rings (SSSR count). The van der Waals surface area contributed by atoms with Gasteiger partial charge < -0.3 is 9.47 Å². The third kappa shape index (κ3) is 1.03. The summed E-state index contributed by atoms with van der Waals surface area (Å²) in [4.78, 5) is 11.1. The molecule has 2 aliphatic heterocycles. The lowest BCUT2D eigenvalue weighted by atomic mass is 9.89. The third-order valence-corrected chi connectivity index (χ3v) is 2.61. The molecule has 0 aromatic heterocycles. The Morgan fingerprint density at radius 3 is 2.82 bits per heavy atom. The highest BCUT2D eigenvalue weighted by atomic mass is 16.5.